The number of aliphatic carboxylic acids is 1. The van der Waals surface area contributed by atoms with Gasteiger partial charge in [-0.25, -0.2) is 9.79 Å². The van der Waals surface area contributed by atoms with Gasteiger partial charge in [0.1, 0.15) is 5.75 Å². The van der Waals surface area contributed by atoms with Crippen LogP contribution in [0.3, 0.4) is 0 Å². The van der Waals surface area contributed by atoms with Crippen molar-refractivity contribution in [2.75, 3.05) is 13.7 Å². The van der Waals surface area contributed by atoms with E-state index in [0.717, 1.165) is 11.3 Å². The number of hydrogen-bond donors (Lipinski definition) is 2. The van der Waals surface area contributed by atoms with Gasteiger partial charge in [0.15, 0.2) is 9.67 Å². The van der Waals surface area contributed by atoms with E-state index in [1.165, 1.54) is 11.7 Å². The molecule has 2 heterocycles. The zero-order valence-electron chi connectivity index (χ0n) is 15.7. The van der Waals surface area contributed by atoms with Crippen molar-refractivity contribution in [2.45, 2.75) is 19.9 Å². The molecule has 0 fully saturated rings. The molecule has 1 aromatic carbocycles. The van der Waals surface area contributed by atoms with Crippen LogP contribution in [0.4, 0.5) is 5.69 Å². The number of rotatable bonds is 7. The number of thiazole rings is 1. The molecule has 1 aromatic heterocycles. The highest BCUT2D eigenvalue weighted by molar-refractivity contribution is 7.73. The highest BCUT2D eigenvalue weighted by atomic mass is 32.1. The molecule has 1 aliphatic heterocycles. The number of hydrogen-bond acceptors (Lipinski definition) is 8. The number of aromatic hydroxyl groups is 1. The Balaban J connectivity index is 2.09. The molecule has 0 unspecified atom stereocenters. The van der Waals surface area contributed by atoms with Crippen molar-refractivity contribution in [1.82, 2.24) is 4.57 Å². The maximum atomic E-state index is 12.4. The lowest BCUT2D eigenvalue weighted by molar-refractivity contribution is -0.137. The van der Waals surface area contributed by atoms with Gasteiger partial charge in [0.2, 0.25) is 5.88 Å². The van der Waals surface area contributed by atoms with Crippen LogP contribution in [0.1, 0.15) is 23.8 Å². The molecule has 152 valence electrons. The molecule has 0 bridgehead atoms. The molecule has 0 atom stereocenters. The van der Waals surface area contributed by atoms with Gasteiger partial charge in [-0.15, -0.1) is 11.3 Å². The molecule has 0 radical (unpaired) electrons. The monoisotopic (exact) mass is 434 g/mol. The maximum absolute atomic E-state index is 12.4. The van der Waals surface area contributed by atoms with Gasteiger partial charge in [0.25, 0.3) is 0 Å². The highest BCUT2D eigenvalue weighted by Gasteiger charge is 2.28. The smallest absolute Gasteiger partial charge is 0.357 e. The number of nitrogens with zero attached hydrogens (tertiary/aromatic N) is 2. The minimum Gasteiger partial charge on any atom is -0.497 e. The van der Waals surface area contributed by atoms with Crippen molar-refractivity contribution in [3.8, 4) is 11.6 Å². The molecule has 0 saturated carbocycles. The van der Waals surface area contributed by atoms with E-state index in [4.69, 9.17) is 26.8 Å². The van der Waals surface area contributed by atoms with Crippen molar-refractivity contribution in [3.63, 3.8) is 0 Å². The zero-order valence-corrected chi connectivity index (χ0v) is 17.3. The molecule has 8 nitrogen and oxygen atoms in total. The minimum atomic E-state index is -0.994. The molecule has 10 heteroatoms. The Labute approximate surface area is 175 Å². The first-order valence-corrected chi connectivity index (χ1v) is 9.88. The van der Waals surface area contributed by atoms with Crippen LogP contribution in [0.15, 0.2) is 23.2 Å². The first-order valence-electron chi connectivity index (χ1n) is 8.66. The van der Waals surface area contributed by atoms with Crippen molar-refractivity contribution in [3.05, 3.63) is 32.6 Å². The summed E-state index contributed by atoms with van der Waals surface area (Å²) in [7, 11) is 1.53. The number of benzene rings is 1. The van der Waals surface area contributed by atoms with E-state index in [9.17, 15) is 14.7 Å². The van der Waals surface area contributed by atoms with E-state index in [2.05, 4.69) is 4.99 Å². The van der Waals surface area contributed by atoms with E-state index in [1.54, 1.807) is 31.2 Å². The summed E-state index contributed by atoms with van der Waals surface area (Å²) < 4.78 is 12.1. The molecule has 2 aromatic rings. The number of carboxylic acids is 1. The molecule has 0 saturated heterocycles. The number of esters is 1. The van der Waals surface area contributed by atoms with Crippen molar-refractivity contribution in [2.24, 2.45) is 4.99 Å². The van der Waals surface area contributed by atoms with Crippen LogP contribution in [-0.2, 0) is 20.9 Å². The van der Waals surface area contributed by atoms with Gasteiger partial charge in [0.05, 0.1) is 30.7 Å². The fraction of sp³-hybridized carbons (Fsp3) is 0.263. The number of fused-ring (bicyclic) bond motifs is 1. The van der Waals surface area contributed by atoms with Crippen molar-refractivity contribution in [1.29, 1.82) is 0 Å². The van der Waals surface area contributed by atoms with E-state index < -0.39 is 11.9 Å². The Morgan fingerprint density at radius 2 is 2.14 bits per heavy atom. The van der Waals surface area contributed by atoms with Gasteiger partial charge in [-0.3, -0.25) is 9.36 Å². The van der Waals surface area contributed by atoms with Gasteiger partial charge in [-0.2, -0.15) is 0 Å². The average molecular weight is 434 g/mol. The lowest BCUT2D eigenvalue weighted by Gasteiger charge is -2.07. The van der Waals surface area contributed by atoms with Crippen LogP contribution in [-0.4, -0.2) is 46.1 Å². The summed E-state index contributed by atoms with van der Waals surface area (Å²) in [5.74, 6) is -1.15. The molecule has 3 rings (SSSR count). The first kappa shape index (κ1) is 20.7. The molecule has 0 aliphatic carbocycles. The number of methoxy groups -OCH3 is 1. The molecular weight excluding hydrogens is 416 g/mol. The molecule has 1 aliphatic rings. The summed E-state index contributed by atoms with van der Waals surface area (Å²) in [5, 5.41) is 19.4. The molecule has 2 N–H and O–H groups in total. The quantitative estimate of drug-likeness (QED) is 0.505. The normalized spacial score (nSPS) is 13.9. The molecule has 29 heavy (non-hydrogen) atoms. The summed E-state index contributed by atoms with van der Waals surface area (Å²) in [6.07, 6.45) is 1.43. The Hall–Kier alpha value is -2.98. The van der Waals surface area contributed by atoms with E-state index in [1.807, 2.05) is 0 Å². The third-order valence-electron chi connectivity index (χ3n) is 4.17. The Kier molecular flexibility index (Phi) is 6.14. The second-order valence-corrected chi connectivity index (χ2v) is 7.65. The standard InChI is InChI=1S/C19H18N2O6S2/c1-3-27-18(25)16-12(11-8-10(26-2)4-5-13(11)20-16)9-14-17(24)21(19(28)29-14)7-6-15(22)23/h4-5,8-9,24H,3,6-7H2,1-2H3,(H,22,23). The summed E-state index contributed by atoms with van der Waals surface area (Å²) in [5.41, 5.74) is 1.82. The van der Waals surface area contributed by atoms with Gasteiger partial charge in [-0.05, 0) is 43.4 Å². The number of aliphatic imine (C=N–C) groups is 1. The number of aromatic nitrogens is 1. The van der Waals surface area contributed by atoms with Crippen LogP contribution >= 0.6 is 23.6 Å². The van der Waals surface area contributed by atoms with Gasteiger partial charge in [0, 0.05) is 17.7 Å². The number of ether oxygens (including phenoxy) is 2. The Morgan fingerprint density at radius 1 is 1.38 bits per heavy atom. The summed E-state index contributed by atoms with van der Waals surface area (Å²) in [6, 6.07) is 5.21. The molecule has 0 spiro atoms. The average Bonchev–Trinajstić information content (AvgIpc) is 3.17. The predicted molar refractivity (Wildman–Crippen MR) is 112 cm³/mol. The maximum Gasteiger partial charge on any atom is 0.357 e. The highest BCUT2D eigenvalue weighted by Crippen LogP contribution is 2.40. The second kappa shape index (κ2) is 8.58. The fourth-order valence-electron chi connectivity index (χ4n) is 2.81. The summed E-state index contributed by atoms with van der Waals surface area (Å²) >= 11 is 6.36. The van der Waals surface area contributed by atoms with Crippen molar-refractivity contribution >= 4 is 58.5 Å². The number of carbonyl (C=O) groups excluding carboxylic acids is 1. The lowest BCUT2D eigenvalue weighted by atomic mass is 10.0. The zero-order chi connectivity index (χ0) is 21.1. The van der Waals surface area contributed by atoms with Crippen LogP contribution < -0.4 is 4.74 Å². The van der Waals surface area contributed by atoms with Crippen LogP contribution in [0.2, 0.25) is 0 Å². The van der Waals surface area contributed by atoms with Gasteiger partial charge >= 0.3 is 11.9 Å². The van der Waals surface area contributed by atoms with Gasteiger partial charge < -0.3 is 19.7 Å². The van der Waals surface area contributed by atoms with Crippen LogP contribution in [0.25, 0.3) is 11.6 Å². The number of carboxylic acid groups (broad SMARTS) is 1. The van der Waals surface area contributed by atoms with Crippen LogP contribution in [0, 0.1) is 3.95 Å². The first-order chi connectivity index (χ1) is 13.8. The molecule has 0 amide bonds. The van der Waals surface area contributed by atoms with E-state index in [0.29, 0.717) is 31.4 Å². The molecular formula is C19H18N2O6S2. The minimum absolute atomic E-state index is 0.0445. The predicted octanol–water partition coefficient (Wildman–Crippen LogP) is 3.66. The largest absolute Gasteiger partial charge is 0.497 e. The summed E-state index contributed by atoms with van der Waals surface area (Å²) in [4.78, 5) is 28.0. The van der Waals surface area contributed by atoms with Crippen LogP contribution in [0.5, 0.6) is 11.6 Å². The Morgan fingerprint density at radius 3 is 2.79 bits per heavy atom. The second-order valence-electron chi connectivity index (χ2n) is 5.97. The summed E-state index contributed by atoms with van der Waals surface area (Å²) in [6.45, 7) is 1.94. The third-order valence-corrected chi connectivity index (χ3v) is 5.55. The van der Waals surface area contributed by atoms with E-state index >= 15 is 0 Å². The van der Waals surface area contributed by atoms with E-state index in [-0.39, 0.29) is 31.2 Å². The van der Waals surface area contributed by atoms with Crippen molar-refractivity contribution < 1.29 is 29.3 Å². The number of carbonyl (C=O) groups is 2. The lowest BCUT2D eigenvalue weighted by Crippen LogP contribution is -2.16. The topological polar surface area (TPSA) is 110 Å². The Bertz CT molecular complexity index is 1100. The SMILES string of the molecule is CCOC(=O)C1=Nc2ccc(OC)cc2C1=Cc1sc(=S)n(CCC(=O)O)c1O. The third kappa shape index (κ3) is 4.22. The fourth-order valence-corrected chi connectivity index (χ4v) is 4.11. The van der Waals surface area contributed by atoms with Gasteiger partial charge in [-0.1, -0.05) is 0 Å².